The van der Waals surface area contributed by atoms with E-state index in [9.17, 15) is 19.5 Å². The molecule has 0 aliphatic carbocycles. The van der Waals surface area contributed by atoms with Crippen LogP contribution in [-0.2, 0) is 27.2 Å². The molecule has 2 heterocycles. The van der Waals surface area contributed by atoms with Crippen molar-refractivity contribution in [3.8, 4) is 0 Å². The van der Waals surface area contributed by atoms with Crippen molar-refractivity contribution in [2.75, 3.05) is 0 Å². The second-order valence-electron chi connectivity index (χ2n) is 8.54. The minimum Gasteiger partial charge on any atom is -0.480 e. The maximum absolute atomic E-state index is 12.9. The smallest absolute Gasteiger partial charge is 0.326 e. The van der Waals surface area contributed by atoms with Gasteiger partial charge in [-0.3, -0.25) is 9.59 Å². The van der Waals surface area contributed by atoms with Gasteiger partial charge in [0.1, 0.15) is 12.1 Å². The summed E-state index contributed by atoms with van der Waals surface area (Å²) >= 11 is 0. The highest BCUT2D eigenvalue weighted by molar-refractivity contribution is 5.92. The Balaban J connectivity index is 1.71. The molecule has 0 radical (unpaired) electrons. The number of aromatic nitrogens is 3. The number of H-pyrrole nitrogens is 2. The van der Waals surface area contributed by atoms with E-state index in [0.717, 1.165) is 16.5 Å². The molecule has 2 aromatic heterocycles. The zero-order valence-corrected chi connectivity index (χ0v) is 18.7. The quantitative estimate of drug-likeness (QED) is 0.254. The van der Waals surface area contributed by atoms with E-state index in [2.05, 4.69) is 25.6 Å². The molecule has 10 heteroatoms. The number of benzene rings is 1. The number of hydrogen-bond acceptors (Lipinski definition) is 5. The van der Waals surface area contributed by atoms with Crippen LogP contribution >= 0.6 is 0 Å². The van der Waals surface area contributed by atoms with E-state index >= 15 is 0 Å². The van der Waals surface area contributed by atoms with Crippen molar-refractivity contribution < 1.29 is 19.5 Å². The summed E-state index contributed by atoms with van der Waals surface area (Å²) in [5, 5.41) is 15.7. The summed E-state index contributed by atoms with van der Waals surface area (Å²) in [6.45, 7) is 3.74. The standard InChI is InChI=1S/C23H30N6O4/c1-13(2)7-20(23(32)33)29-22(31)19(9-15-11-25-12-27-15)28-21(30)17(24)8-14-10-26-18-6-4-3-5-16(14)18/h3-6,10-13,17,19-20,26H,7-9,24H2,1-2H3,(H,25,27)(H,28,30)(H,29,31)(H,32,33)/t17-,19-,20-/m0/s1. The second-order valence-corrected chi connectivity index (χ2v) is 8.54. The van der Waals surface area contributed by atoms with Crippen molar-refractivity contribution in [3.05, 3.63) is 54.2 Å². The SMILES string of the molecule is CC(C)C[C@H](NC(=O)[C@H](Cc1cnc[nH]1)NC(=O)[C@@H](N)Cc1c[nH]c2ccccc12)C(=O)O. The molecule has 2 amide bonds. The lowest BCUT2D eigenvalue weighted by atomic mass is 10.0. The molecule has 3 atom stereocenters. The van der Waals surface area contributed by atoms with Crippen molar-refractivity contribution in [1.29, 1.82) is 0 Å². The van der Waals surface area contributed by atoms with E-state index < -0.39 is 35.9 Å². The second kappa shape index (κ2) is 10.8. The number of carbonyl (C=O) groups is 3. The van der Waals surface area contributed by atoms with Crippen LogP contribution in [0.1, 0.15) is 31.5 Å². The lowest BCUT2D eigenvalue weighted by molar-refractivity contribution is -0.142. The third kappa shape index (κ3) is 6.42. The Morgan fingerprint density at radius 2 is 1.79 bits per heavy atom. The molecular formula is C23H30N6O4. The lowest BCUT2D eigenvalue weighted by Gasteiger charge is -2.23. The fourth-order valence-electron chi connectivity index (χ4n) is 3.70. The van der Waals surface area contributed by atoms with Crippen LogP contribution in [0.2, 0.25) is 0 Å². The number of fused-ring (bicyclic) bond motifs is 1. The average Bonchev–Trinajstić information content (AvgIpc) is 3.42. The molecule has 10 nitrogen and oxygen atoms in total. The highest BCUT2D eigenvalue weighted by Crippen LogP contribution is 2.19. The van der Waals surface area contributed by atoms with Gasteiger partial charge in [-0.2, -0.15) is 0 Å². The zero-order chi connectivity index (χ0) is 24.0. The molecule has 0 fully saturated rings. The molecule has 3 rings (SSSR count). The topological polar surface area (TPSA) is 166 Å². The van der Waals surface area contributed by atoms with Crippen molar-refractivity contribution in [2.45, 2.75) is 51.2 Å². The van der Waals surface area contributed by atoms with Crippen LogP contribution in [0.15, 0.2) is 43.0 Å². The Kier molecular flexibility index (Phi) is 7.83. The predicted molar refractivity (Wildman–Crippen MR) is 123 cm³/mol. The number of aliphatic carboxylic acids is 1. The Morgan fingerprint density at radius 1 is 1.06 bits per heavy atom. The maximum Gasteiger partial charge on any atom is 0.326 e. The molecule has 0 saturated heterocycles. The van der Waals surface area contributed by atoms with Gasteiger partial charge >= 0.3 is 5.97 Å². The van der Waals surface area contributed by atoms with Crippen LogP contribution in [0.4, 0.5) is 0 Å². The third-order valence-corrected chi connectivity index (χ3v) is 5.39. The molecule has 0 unspecified atom stereocenters. The van der Waals surface area contributed by atoms with Gasteiger partial charge in [0.2, 0.25) is 11.8 Å². The first kappa shape index (κ1) is 24.0. The number of carboxylic acid groups (broad SMARTS) is 1. The van der Waals surface area contributed by atoms with Crippen molar-refractivity contribution >= 4 is 28.7 Å². The van der Waals surface area contributed by atoms with E-state index in [1.54, 1.807) is 6.20 Å². The van der Waals surface area contributed by atoms with Crippen molar-refractivity contribution in [2.24, 2.45) is 11.7 Å². The number of rotatable bonds is 11. The van der Waals surface area contributed by atoms with Gasteiger partial charge in [0.15, 0.2) is 0 Å². The number of nitrogens with zero attached hydrogens (tertiary/aromatic N) is 1. The summed E-state index contributed by atoms with van der Waals surface area (Å²) in [5.74, 6) is -2.16. The molecule has 0 spiro atoms. The molecular weight excluding hydrogens is 424 g/mol. The van der Waals surface area contributed by atoms with Gasteiger partial charge in [0.05, 0.1) is 12.4 Å². The van der Waals surface area contributed by atoms with E-state index in [1.165, 1.54) is 6.33 Å². The van der Waals surface area contributed by atoms with Gasteiger partial charge in [0.25, 0.3) is 0 Å². The van der Waals surface area contributed by atoms with Crippen LogP contribution in [-0.4, -0.2) is 56.0 Å². The van der Waals surface area contributed by atoms with E-state index in [1.807, 2.05) is 44.3 Å². The van der Waals surface area contributed by atoms with Crippen molar-refractivity contribution in [1.82, 2.24) is 25.6 Å². The number of amides is 2. The summed E-state index contributed by atoms with van der Waals surface area (Å²) in [6, 6.07) is 4.74. The normalized spacial score (nSPS) is 14.1. The van der Waals surface area contributed by atoms with Gasteiger partial charge in [-0.15, -0.1) is 0 Å². The average molecular weight is 455 g/mol. The van der Waals surface area contributed by atoms with Gasteiger partial charge in [-0.1, -0.05) is 32.0 Å². The summed E-state index contributed by atoms with van der Waals surface area (Å²) in [5.41, 5.74) is 8.63. The fraction of sp³-hybridized carbons (Fsp3) is 0.391. The molecule has 0 aliphatic rings. The van der Waals surface area contributed by atoms with E-state index in [-0.39, 0.29) is 25.2 Å². The van der Waals surface area contributed by atoms with Gasteiger partial charge in [-0.05, 0) is 30.4 Å². The number of carboxylic acids is 1. The molecule has 0 aliphatic heterocycles. The summed E-state index contributed by atoms with van der Waals surface area (Å²) in [6.07, 6.45) is 5.49. The monoisotopic (exact) mass is 454 g/mol. The van der Waals surface area contributed by atoms with Gasteiger partial charge in [-0.25, -0.2) is 9.78 Å². The number of hydrogen-bond donors (Lipinski definition) is 6. The van der Waals surface area contributed by atoms with Gasteiger partial charge in [0, 0.05) is 35.4 Å². The van der Waals surface area contributed by atoms with Crippen molar-refractivity contribution in [3.63, 3.8) is 0 Å². The predicted octanol–water partition coefficient (Wildman–Crippen LogP) is 1.10. The van der Waals surface area contributed by atoms with Crippen LogP contribution < -0.4 is 16.4 Å². The summed E-state index contributed by atoms with van der Waals surface area (Å²) in [4.78, 5) is 47.4. The number of nitrogens with two attached hydrogens (primary N) is 1. The maximum atomic E-state index is 12.9. The molecule has 1 aromatic carbocycles. The van der Waals surface area contributed by atoms with Gasteiger partial charge < -0.3 is 31.4 Å². The number of imidazole rings is 1. The number of para-hydroxylation sites is 1. The molecule has 0 bridgehead atoms. The Labute approximate surface area is 191 Å². The molecule has 7 N–H and O–H groups in total. The van der Waals surface area contributed by atoms with Crippen LogP contribution in [0, 0.1) is 5.92 Å². The highest BCUT2D eigenvalue weighted by atomic mass is 16.4. The molecule has 3 aromatic rings. The van der Waals surface area contributed by atoms with E-state index in [4.69, 9.17) is 5.73 Å². The zero-order valence-electron chi connectivity index (χ0n) is 18.7. The first-order valence-electron chi connectivity index (χ1n) is 10.9. The largest absolute Gasteiger partial charge is 0.480 e. The lowest BCUT2D eigenvalue weighted by Crippen LogP contribution is -2.55. The summed E-state index contributed by atoms with van der Waals surface area (Å²) in [7, 11) is 0. The molecule has 176 valence electrons. The van der Waals surface area contributed by atoms with Crippen LogP contribution in [0.3, 0.4) is 0 Å². The molecule has 0 saturated carbocycles. The Hall–Kier alpha value is -3.66. The first-order chi connectivity index (χ1) is 15.7. The molecule has 33 heavy (non-hydrogen) atoms. The number of nitrogens with one attached hydrogen (secondary N) is 4. The van der Waals surface area contributed by atoms with E-state index in [0.29, 0.717) is 5.69 Å². The Bertz CT molecular complexity index is 1090. The first-order valence-corrected chi connectivity index (χ1v) is 10.9. The minimum absolute atomic E-state index is 0.0663. The number of carbonyl (C=O) groups excluding carboxylic acids is 2. The minimum atomic E-state index is -1.13. The third-order valence-electron chi connectivity index (χ3n) is 5.39. The summed E-state index contributed by atoms with van der Waals surface area (Å²) < 4.78 is 0. The Morgan fingerprint density at radius 3 is 2.45 bits per heavy atom. The fourth-order valence-corrected chi connectivity index (χ4v) is 3.70. The highest BCUT2D eigenvalue weighted by Gasteiger charge is 2.29. The number of aromatic amines is 2. The van der Waals surface area contributed by atoms with Crippen LogP contribution in [0.5, 0.6) is 0 Å². The van der Waals surface area contributed by atoms with Crippen LogP contribution in [0.25, 0.3) is 10.9 Å².